The molecular weight excluding hydrogens is 287 g/mol. The van der Waals surface area contributed by atoms with Crippen molar-refractivity contribution in [1.82, 2.24) is 14.5 Å². The number of carbonyl (C=O) groups is 1. The van der Waals surface area contributed by atoms with Gasteiger partial charge in [0.1, 0.15) is 5.82 Å². The maximum atomic E-state index is 12.5. The first-order valence-corrected chi connectivity index (χ1v) is 6.17. The summed E-state index contributed by atoms with van der Waals surface area (Å²) in [7, 11) is 1.69. The summed E-state index contributed by atoms with van der Waals surface area (Å²) in [5.41, 5.74) is 1.45. The van der Waals surface area contributed by atoms with E-state index in [0.717, 1.165) is 10.4 Å². The van der Waals surface area contributed by atoms with Gasteiger partial charge in [0, 0.05) is 7.05 Å². The summed E-state index contributed by atoms with van der Waals surface area (Å²) < 4.78 is 39.2. The second-order valence-electron chi connectivity index (χ2n) is 4.73. The van der Waals surface area contributed by atoms with Crippen LogP contribution in [-0.2, 0) is 18.4 Å². The van der Waals surface area contributed by atoms with Crippen LogP contribution in [0.25, 0.3) is 11.0 Å². The highest BCUT2D eigenvalue weighted by Gasteiger charge is 2.32. The average molecular weight is 301 g/mol. The molecule has 0 spiro atoms. The smallest absolute Gasteiger partial charge is 0.401 e. The van der Waals surface area contributed by atoms with Gasteiger partial charge in [-0.05, 0) is 12.1 Å². The highest BCUT2D eigenvalue weighted by molar-refractivity contribution is 5.75. The summed E-state index contributed by atoms with van der Waals surface area (Å²) in [6.07, 6.45) is -4.46. The molecule has 5 nitrogen and oxygen atoms in total. The Labute approximate surface area is 118 Å². The number of hydrogen-bond donors (Lipinski definition) is 1. The average Bonchev–Trinajstić information content (AvgIpc) is 2.64. The number of imidazole rings is 1. The fourth-order valence-corrected chi connectivity index (χ4v) is 2.15. The van der Waals surface area contributed by atoms with Gasteiger partial charge in [0.2, 0.25) is 0 Å². The van der Waals surface area contributed by atoms with Crippen LogP contribution in [0.3, 0.4) is 0 Å². The highest BCUT2D eigenvalue weighted by atomic mass is 19.4. The van der Waals surface area contributed by atoms with Crippen LogP contribution in [0.5, 0.6) is 0 Å². The predicted molar refractivity (Wildman–Crippen MR) is 69.7 cm³/mol. The molecule has 0 aliphatic heterocycles. The number of carboxylic acid groups (broad SMARTS) is 1. The van der Waals surface area contributed by atoms with Crippen LogP contribution in [0.4, 0.5) is 13.2 Å². The summed E-state index contributed by atoms with van der Waals surface area (Å²) in [6.45, 7) is -2.16. The molecule has 1 heterocycles. The van der Waals surface area contributed by atoms with Crippen LogP contribution < -0.4 is 0 Å². The van der Waals surface area contributed by atoms with Gasteiger partial charge in [0.15, 0.2) is 0 Å². The Balaban J connectivity index is 2.25. The Morgan fingerprint density at radius 2 is 2.05 bits per heavy atom. The van der Waals surface area contributed by atoms with Crippen molar-refractivity contribution >= 4 is 17.0 Å². The zero-order chi connectivity index (χ0) is 15.6. The SMILES string of the molecule is Cn1c(CN(CC(=O)O)CC(F)(F)F)nc2ccccc21. The van der Waals surface area contributed by atoms with E-state index in [-0.39, 0.29) is 6.54 Å². The van der Waals surface area contributed by atoms with Gasteiger partial charge in [-0.3, -0.25) is 9.69 Å². The number of benzene rings is 1. The second-order valence-corrected chi connectivity index (χ2v) is 4.73. The van der Waals surface area contributed by atoms with Crippen LogP contribution in [-0.4, -0.2) is 44.8 Å². The van der Waals surface area contributed by atoms with Crippen LogP contribution in [0, 0.1) is 0 Å². The summed E-state index contributed by atoms with van der Waals surface area (Å²) in [4.78, 5) is 15.8. The molecule has 21 heavy (non-hydrogen) atoms. The maximum Gasteiger partial charge on any atom is 0.401 e. The van der Waals surface area contributed by atoms with Gasteiger partial charge < -0.3 is 9.67 Å². The molecule has 0 fully saturated rings. The van der Waals surface area contributed by atoms with Crippen LogP contribution in [0.15, 0.2) is 24.3 Å². The minimum absolute atomic E-state index is 0.184. The number of aliphatic carboxylic acids is 1. The monoisotopic (exact) mass is 301 g/mol. The molecule has 0 radical (unpaired) electrons. The van der Waals surface area contributed by atoms with Gasteiger partial charge in [-0.1, -0.05) is 12.1 Å². The summed E-state index contributed by atoms with van der Waals surface area (Å²) in [5.74, 6) is -0.917. The zero-order valence-electron chi connectivity index (χ0n) is 11.3. The van der Waals surface area contributed by atoms with Crippen LogP contribution in [0.1, 0.15) is 5.82 Å². The van der Waals surface area contributed by atoms with Crippen molar-refractivity contribution in [3.63, 3.8) is 0 Å². The third-order valence-electron chi connectivity index (χ3n) is 3.01. The fraction of sp³-hybridized carbons (Fsp3) is 0.385. The minimum atomic E-state index is -4.46. The largest absolute Gasteiger partial charge is 0.480 e. The Hall–Kier alpha value is -2.09. The summed E-state index contributed by atoms with van der Waals surface area (Å²) in [6, 6.07) is 7.14. The van der Waals surface area contributed by atoms with Crippen LogP contribution in [0.2, 0.25) is 0 Å². The van der Waals surface area contributed by atoms with Gasteiger partial charge in [0.25, 0.3) is 0 Å². The molecule has 0 atom stereocenters. The standard InChI is InChI=1S/C13H14F3N3O2/c1-18-10-5-3-2-4-9(10)17-11(18)6-19(7-12(20)21)8-13(14,15)16/h2-5H,6-8H2,1H3,(H,20,21). The Morgan fingerprint density at radius 3 is 2.62 bits per heavy atom. The van der Waals surface area contributed by atoms with Crippen molar-refractivity contribution in [2.45, 2.75) is 12.7 Å². The summed E-state index contributed by atoms with van der Waals surface area (Å²) in [5, 5.41) is 8.73. The lowest BCUT2D eigenvalue weighted by Gasteiger charge is -2.21. The van der Waals surface area contributed by atoms with Gasteiger partial charge in [0.05, 0.1) is 30.7 Å². The number of fused-ring (bicyclic) bond motifs is 1. The third kappa shape index (κ3) is 3.94. The number of carboxylic acids is 1. The van der Waals surface area contributed by atoms with E-state index < -0.39 is 25.2 Å². The molecule has 0 saturated heterocycles. The molecule has 0 amide bonds. The number of nitrogens with zero attached hydrogens (tertiary/aromatic N) is 3. The quantitative estimate of drug-likeness (QED) is 0.918. The third-order valence-corrected chi connectivity index (χ3v) is 3.01. The minimum Gasteiger partial charge on any atom is -0.480 e. The first-order valence-electron chi connectivity index (χ1n) is 6.17. The number of para-hydroxylation sites is 2. The molecule has 114 valence electrons. The lowest BCUT2D eigenvalue weighted by Crippen LogP contribution is -2.38. The van der Waals surface area contributed by atoms with Crippen molar-refractivity contribution in [3.8, 4) is 0 Å². The van der Waals surface area contributed by atoms with Gasteiger partial charge in [-0.25, -0.2) is 4.98 Å². The molecule has 1 aromatic heterocycles. The number of rotatable bonds is 5. The normalized spacial score (nSPS) is 12.2. The van der Waals surface area contributed by atoms with Crippen molar-refractivity contribution in [1.29, 1.82) is 0 Å². The predicted octanol–water partition coefficient (Wildman–Crippen LogP) is 2.02. The lowest BCUT2D eigenvalue weighted by atomic mass is 10.3. The van der Waals surface area contributed by atoms with Crippen molar-refractivity contribution < 1.29 is 23.1 Å². The second kappa shape index (κ2) is 5.72. The van der Waals surface area contributed by atoms with Crippen molar-refractivity contribution in [3.05, 3.63) is 30.1 Å². The van der Waals surface area contributed by atoms with Gasteiger partial charge in [-0.2, -0.15) is 13.2 Å². The van der Waals surface area contributed by atoms with Crippen molar-refractivity contribution in [2.24, 2.45) is 7.05 Å². The number of aryl methyl sites for hydroxylation is 1. The Morgan fingerprint density at radius 1 is 1.38 bits per heavy atom. The highest BCUT2D eigenvalue weighted by Crippen LogP contribution is 2.19. The van der Waals surface area contributed by atoms with E-state index in [1.807, 2.05) is 0 Å². The van der Waals surface area contributed by atoms with E-state index in [1.54, 1.807) is 35.9 Å². The number of alkyl halides is 3. The molecule has 2 rings (SSSR count). The molecule has 8 heteroatoms. The van der Waals surface area contributed by atoms with E-state index in [2.05, 4.69) is 4.98 Å². The first-order chi connectivity index (χ1) is 9.76. The molecule has 2 aromatic rings. The fourth-order valence-electron chi connectivity index (χ4n) is 2.15. The van der Waals surface area contributed by atoms with E-state index in [1.165, 1.54) is 0 Å². The van der Waals surface area contributed by atoms with E-state index in [9.17, 15) is 18.0 Å². The molecule has 0 aliphatic rings. The first kappa shape index (κ1) is 15.3. The molecule has 0 bridgehead atoms. The molecular formula is C13H14F3N3O2. The van der Waals surface area contributed by atoms with E-state index in [4.69, 9.17) is 5.11 Å². The molecule has 1 N–H and O–H groups in total. The Bertz CT molecular complexity index is 652. The lowest BCUT2D eigenvalue weighted by molar-refractivity contribution is -0.155. The molecule has 0 saturated carbocycles. The number of halogens is 3. The van der Waals surface area contributed by atoms with E-state index >= 15 is 0 Å². The zero-order valence-corrected chi connectivity index (χ0v) is 11.3. The van der Waals surface area contributed by atoms with E-state index in [0.29, 0.717) is 11.3 Å². The molecule has 1 aromatic carbocycles. The Kier molecular flexibility index (Phi) is 4.17. The van der Waals surface area contributed by atoms with Crippen molar-refractivity contribution in [2.75, 3.05) is 13.1 Å². The molecule has 0 unspecified atom stereocenters. The maximum absolute atomic E-state index is 12.5. The molecule has 0 aliphatic carbocycles. The van der Waals surface area contributed by atoms with Crippen LogP contribution >= 0.6 is 0 Å². The number of aromatic nitrogens is 2. The van der Waals surface area contributed by atoms with Gasteiger partial charge >= 0.3 is 12.1 Å². The topological polar surface area (TPSA) is 58.4 Å². The number of hydrogen-bond acceptors (Lipinski definition) is 3. The van der Waals surface area contributed by atoms with Gasteiger partial charge in [-0.15, -0.1) is 0 Å². The summed E-state index contributed by atoms with van der Waals surface area (Å²) >= 11 is 0.